The van der Waals surface area contributed by atoms with E-state index in [0.29, 0.717) is 12.1 Å². The number of benzene rings is 2. The maximum atomic E-state index is 13.2. The Morgan fingerprint density at radius 2 is 1.88 bits per heavy atom. The molecule has 0 radical (unpaired) electrons. The smallest absolute Gasteiger partial charge is 0.340 e. The molecule has 1 atom stereocenters. The zero-order chi connectivity index (χ0) is 19.4. The van der Waals surface area contributed by atoms with Gasteiger partial charge in [-0.05, 0) is 25.1 Å². The first kappa shape index (κ1) is 19.3. The third-order valence-electron chi connectivity index (χ3n) is 3.21. The van der Waals surface area contributed by atoms with Crippen LogP contribution in [0.5, 0.6) is 0 Å². The predicted octanol–water partition coefficient (Wildman–Crippen LogP) is 3.71. The normalized spacial score (nSPS) is 11.5. The fourth-order valence-electron chi connectivity index (χ4n) is 1.90. The van der Waals surface area contributed by atoms with E-state index in [0.717, 1.165) is 6.07 Å². The molecule has 26 heavy (non-hydrogen) atoms. The summed E-state index contributed by atoms with van der Waals surface area (Å²) in [6.45, 7) is 1.23. The third kappa shape index (κ3) is 4.51. The molecule has 2 aromatic rings. The van der Waals surface area contributed by atoms with Crippen molar-refractivity contribution in [2.24, 2.45) is 0 Å². The van der Waals surface area contributed by atoms with E-state index in [-0.39, 0.29) is 16.4 Å². The highest BCUT2D eigenvalue weighted by molar-refractivity contribution is 6.33. The number of rotatable bonds is 5. The molecule has 10 heteroatoms. The molecule has 0 aliphatic rings. The van der Waals surface area contributed by atoms with Gasteiger partial charge in [-0.3, -0.25) is 14.9 Å². The van der Waals surface area contributed by atoms with Crippen LogP contribution < -0.4 is 5.32 Å². The predicted molar refractivity (Wildman–Crippen MR) is 88.0 cm³/mol. The molecule has 0 aliphatic heterocycles. The summed E-state index contributed by atoms with van der Waals surface area (Å²) >= 11 is 5.66. The van der Waals surface area contributed by atoms with E-state index in [1.54, 1.807) is 0 Å². The van der Waals surface area contributed by atoms with E-state index in [9.17, 15) is 28.5 Å². The number of nitro benzene ring substituents is 1. The Labute approximate surface area is 150 Å². The molecule has 0 aromatic heterocycles. The number of nitrogens with one attached hydrogen (secondary N) is 1. The molecule has 0 fully saturated rings. The lowest BCUT2D eigenvalue weighted by molar-refractivity contribution is -0.384. The molecular weight excluding hydrogens is 374 g/mol. The number of hydrogen-bond donors (Lipinski definition) is 1. The van der Waals surface area contributed by atoms with Gasteiger partial charge in [-0.15, -0.1) is 0 Å². The molecule has 1 unspecified atom stereocenters. The highest BCUT2D eigenvalue weighted by Gasteiger charge is 2.22. The number of ether oxygens (including phenoxy) is 1. The molecule has 0 heterocycles. The van der Waals surface area contributed by atoms with Crippen LogP contribution >= 0.6 is 11.6 Å². The number of non-ortho nitro benzene ring substituents is 1. The molecule has 1 amide bonds. The van der Waals surface area contributed by atoms with Crippen LogP contribution in [-0.2, 0) is 9.53 Å². The zero-order valence-electron chi connectivity index (χ0n) is 13.2. The second kappa shape index (κ2) is 7.87. The first-order valence-electron chi connectivity index (χ1n) is 7.10. The summed E-state index contributed by atoms with van der Waals surface area (Å²) in [7, 11) is 0. The van der Waals surface area contributed by atoms with Crippen LogP contribution in [-0.4, -0.2) is 22.9 Å². The van der Waals surface area contributed by atoms with Gasteiger partial charge in [0.1, 0.15) is 0 Å². The maximum Gasteiger partial charge on any atom is 0.340 e. The van der Waals surface area contributed by atoms with Crippen LogP contribution in [0.4, 0.5) is 20.2 Å². The number of anilines is 1. The molecule has 2 aromatic carbocycles. The van der Waals surface area contributed by atoms with E-state index >= 15 is 0 Å². The van der Waals surface area contributed by atoms with Gasteiger partial charge in [-0.25, -0.2) is 13.6 Å². The van der Waals surface area contributed by atoms with Crippen molar-refractivity contribution in [3.8, 4) is 0 Å². The van der Waals surface area contributed by atoms with E-state index in [4.69, 9.17) is 16.3 Å². The third-order valence-corrected chi connectivity index (χ3v) is 3.52. The minimum atomic E-state index is -1.33. The van der Waals surface area contributed by atoms with Crippen molar-refractivity contribution in [3.63, 3.8) is 0 Å². The van der Waals surface area contributed by atoms with Crippen LogP contribution in [0.25, 0.3) is 0 Å². The quantitative estimate of drug-likeness (QED) is 0.366. The van der Waals surface area contributed by atoms with Crippen molar-refractivity contribution >= 4 is 34.9 Å². The average molecular weight is 385 g/mol. The Morgan fingerprint density at radius 3 is 2.54 bits per heavy atom. The van der Waals surface area contributed by atoms with Crippen LogP contribution in [0.2, 0.25) is 5.02 Å². The van der Waals surface area contributed by atoms with Crippen molar-refractivity contribution in [1.29, 1.82) is 0 Å². The molecular formula is C16H11ClF2N2O5. The first-order chi connectivity index (χ1) is 12.2. The fraction of sp³-hybridized carbons (Fsp3) is 0.125. The number of nitro groups is 1. The lowest BCUT2D eigenvalue weighted by atomic mass is 10.2. The molecule has 0 bridgehead atoms. The summed E-state index contributed by atoms with van der Waals surface area (Å²) in [6.07, 6.45) is -1.33. The Hall–Kier alpha value is -3.07. The van der Waals surface area contributed by atoms with Gasteiger partial charge in [0.2, 0.25) is 0 Å². The summed E-state index contributed by atoms with van der Waals surface area (Å²) in [5.74, 6) is -4.44. The Kier molecular flexibility index (Phi) is 5.83. The van der Waals surface area contributed by atoms with Crippen LogP contribution in [0, 0.1) is 21.7 Å². The first-order valence-corrected chi connectivity index (χ1v) is 7.47. The molecule has 2 rings (SSSR count). The minimum absolute atomic E-state index is 0.123. The number of amides is 1. The van der Waals surface area contributed by atoms with Gasteiger partial charge in [0.15, 0.2) is 17.7 Å². The van der Waals surface area contributed by atoms with Crippen LogP contribution in [0.3, 0.4) is 0 Å². The van der Waals surface area contributed by atoms with E-state index < -0.39 is 40.1 Å². The van der Waals surface area contributed by atoms with E-state index in [1.165, 1.54) is 25.1 Å². The summed E-state index contributed by atoms with van der Waals surface area (Å²) < 4.78 is 31.1. The van der Waals surface area contributed by atoms with Gasteiger partial charge >= 0.3 is 5.97 Å². The van der Waals surface area contributed by atoms with Gasteiger partial charge in [0.25, 0.3) is 11.6 Å². The largest absolute Gasteiger partial charge is 0.449 e. The topological polar surface area (TPSA) is 98.5 Å². The van der Waals surface area contributed by atoms with Gasteiger partial charge in [0.05, 0.1) is 15.5 Å². The molecule has 0 saturated heterocycles. The fourth-order valence-corrected chi connectivity index (χ4v) is 2.13. The highest BCUT2D eigenvalue weighted by Crippen LogP contribution is 2.22. The summed E-state index contributed by atoms with van der Waals surface area (Å²) in [4.78, 5) is 34.1. The van der Waals surface area contributed by atoms with Crippen LogP contribution in [0.1, 0.15) is 17.3 Å². The summed E-state index contributed by atoms with van der Waals surface area (Å²) in [5.41, 5.74) is -0.556. The SMILES string of the molecule is CC(OC(=O)c1cc(F)c(F)cc1Cl)C(=O)Nc1cccc([N+](=O)[O-])c1. The number of carbonyl (C=O) groups excluding carboxylic acids is 2. The van der Waals surface area contributed by atoms with Gasteiger partial charge in [-0.2, -0.15) is 0 Å². The molecule has 136 valence electrons. The second-order valence-corrected chi connectivity index (χ2v) is 5.50. The second-order valence-electron chi connectivity index (χ2n) is 5.09. The van der Waals surface area contributed by atoms with Crippen molar-refractivity contribution in [3.05, 3.63) is 68.7 Å². The average Bonchev–Trinajstić information content (AvgIpc) is 2.58. The summed E-state index contributed by atoms with van der Waals surface area (Å²) in [5, 5.41) is 12.7. The molecule has 0 saturated carbocycles. The van der Waals surface area contributed by atoms with E-state index in [2.05, 4.69) is 5.32 Å². The number of carbonyl (C=O) groups is 2. The van der Waals surface area contributed by atoms with Crippen molar-refractivity contribution in [2.45, 2.75) is 13.0 Å². The lowest BCUT2D eigenvalue weighted by Gasteiger charge is -2.14. The molecule has 0 spiro atoms. The number of hydrogen-bond acceptors (Lipinski definition) is 5. The van der Waals surface area contributed by atoms with Crippen molar-refractivity contribution in [2.75, 3.05) is 5.32 Å². The van der Waals surface area contributed by atoms with Gasteiger partial charge in [0, 0.05) is 17.8 Å². The Balaban J connectivity index is 2.07. The number of halogens is 3. The standard InChI is InChI=1S/C16H11ClF2N2O5/c1-8(15(22)20-9-3-2-4-10(5-9)21(24)25)26-16(23)11-6-13(18)14(19)7-12(11)17/h2-8H,1H3,(H,20,22). The Morgan fingerprint density at radius 1 is 1.23 bits per heavy atom. The Bertz CT molecular complexity index is 891. The highest BCUT2D eigenvalue weighted by atomic mass is 35.5. The molecule has 0 aliphatic carbocycles. The van der Waals surface area contributed by atoms with E-state index in [1.807, 2.05) is 0 Å². The monoisotopic (exact) mass is 384 g/mol. The van der Waals surface area contributed by atoms with Crippen molar-refractivity contribution < 1.29 is 28.0 Å². The maximum absolute atomic E-state index is 13.2. The zero-order valence-corrected chi connectivity index (χ0v) is 13.9. The van der Waals surface area contributed by atoms with Gasteiger partial charge < -0.3 is 10.1 Å². The molecule has 1 N–H and O–H groups in total. The number of esters is 1. The number of nitrogens with zero attached hydrogens (tertiary/aromatic N) is 1. The van der Waals surface area contributed by atoms with Gasteiger partial charge in [-0.1, -0.05) is 17.7 Å². The van der Waals surface area contributed by atoms with Crippen LogP contribution in [0.15, 0.2) is 36.4 Å². The minimum Gasteiger partial charge on any atom is -0.449 e. The molecule has 7 nitrogen and oxygen atoms in total. The summed E-state index contributed by atoms with van der Waals surface area (Å²) in [6, 6.07) is 6.31. The lowest BCUT2D eigenvalue weighted by Crippen LogP contribution is -2.30. The van der Waals surface area contributed by atoms with Crippen molar-refractivity contribution in [1.82, 2.24) is 0 Å².